The molecule has 1 aliphatic heterocycles. The van der Waals surface area contributed by atoms with Crippen LogP contribution in [0.4, 0.5) is 0 Å². The zero-order valence-electron chi connectivity index (χ0n) is 5.41. The van der Waals surface area contributed by atoms with Gasteiger partial charge in [-0.05, 0) is 0 Å². The van der Waals surface area contributed by atoms with Gasteiger partial charge in [0.05, 0.1) is 11.1 Å². The molecule has 1 saturated heterocycles. The Labute approximate surface area is 58.3 Å². The molecule has 0 bridgehead atoms. The molecule has 0 aromatic heterocycles. The molecule has 0 saturated carbocycles. The minimum absolute atomic E-state index is 0.0228. The zero-order valence-corrected chi connectivity index (χ0v) is 5.41. The van der Waals surface area contributed by atoms with Crippen LogP contribution >= 0.6 is 0 Å². The summed E-state index contributed by atoms with van der Waals surface area (Å²) in [5.41, 5.74) is 0. The summed E-state index contributed by atoms with van der Waals surface area (Å²) in [6.07, 6.45) is 2.41. The minimum atomic E-state index is -0.471. The maximum atomic E-state index is 9.82. The largest absolute Gasteiger partial charge is 0.297 e. The summed E-state index contributed by atoms with van der Waals surface area (Å²) in [6.45, 7) is 1.74. The van der Waals surface area contributed by atoms with Crippen LogP contribution in [0.2, 0.25) is 0 Å². The molecule has 1 aliphatic rings. The first-order valence-corrected chi connectivity index (χ1v) is 3.07. The molecule has 0 radical (unpaired) electrons. The monoisotopic (exact) mass is 143 g/mol. The van der Waals surface area contributed by atoms with Crippen molar-refractivity contribution in [2.24, 2.45) is 0 Å². The van der Waals surface area contributed by atoms with E-state index < -0.39 is 4.92 Å². The quantitative estimate of drug-likeness (QED) is 0.396. The van der Waals surface area contributed by atoms with Crippen LogP contribution in [0.15, 0.2) is 12.3 Å². The fourth-order valence-electron chi connectivity index (χ4n) is 0.820. The first kappa shape index (κ1) is 7.17. The van der Waals surface area contributed by atoms with E-state index in [0.29, 0.717) is 0 Å². The highest BCUT2D eigenvalue weighted by Crippen LogP contribution is 1.87. The Morgan fingerprint density at radius 2 is 2.10 bits per heavy atom. The van der Waals surface area contributed by atoms with Crippen LogP contribution in [0, 0.1) is 10.1 Å². The van der Waals surface area contributed by atoms with Crippen LogP contribution in [0.25, 0.3) is 0 Å². The van der Waals surface area contributed by atoms with Gasteiger partial charge in [-0.2, -0.15) is 0 Å². The fraction of sp³-hybridized carbons (Fsp3) is 0.600. The van der Waals surface area contributed by atoms with Crippen LogP contribution in [0.5, 0.6) is 0 Å². The Morgan fingerprint density at radius 3 is 2.60 bits per heavy atom. The summed E-state index contributed by atoms with van der Waals surface area (Å²) in [4.78, 5) is 9.35. The molecular formula is C5H9N3O2. The van der Waals surface area contributed by atoms with Crippen LogP contribution in [-0.4, -0.2) is 24.2 Å². The Kier molecular flexibility index (Phi) is 2.35. The van der Waals surface area contributed by atoms with Crippen LogP contribution in [-0.2, 0) is 0 Å². The Balaban J connectivity index is 2.29. The van der Waals surface area contributed by atoms with Gasteiger partial charge in [0.2, 0.25) is 6.20 Å². The predicted octanol–water partition coefficient (Wildman–Crippen LogP) is -0.704. The van der Waals surface area contributed by atoms with Gasteiger partial charge in [-0.1, -0.05) is 0 Å². The van der Waals surface area contributed by atoms with Gasteiger partial charge >= 0.3 is 0 Å². The van der Waals surface area contributed by atoms with Gasteiger partial charge < -0.3 is 0 Å². The predicted molar refractivity (Wildman–Crippen MR) is 35.9 cm³/mol. The summed E-state index contributed by atoms with van der Waals surface area (Å²) in [5.74, 6) is 0. The first-order chi connectivity index (χ1) is 4.79. The zero-order chi connectivity index (χ0) is 7.40. The lowest BCUT2D eigenvalue weighted by Gasteiger charge is -1.99. The lowest BCUT2D eigenvalue weighted by atomic mass is 10.5. The van der Waals surface area contributed by atoms with Crippen LogP contribution in [0.1, 0.15) is 0 Å². The molecular weight excluding hydrogens is 134 g/mol. The van der Waals surface area contributed by atoms with Crippen molar-refractivity contribution in [2.75, 3.05) is 13.1 Å². The lowest BCUT2D eigenvalue weighted by molar-refractivity contribution is -0.402. The van der Waals surface area contributed by atoms with Gasteiger partial charge in [-0.15, -0.1) is 0 Å². The summed E-state index contributed by atoms with van der Waals surface area (Å²) in [7, 11) is 0. The van der Waals surface area contributed by atoms with Gasteiger partial charge in [-0.3, -0.25) is 20.7 Å². The normalized spacial score (nSPS) is 20.4. The van der Waals surface area contributed by atoms with Gasteiger partial charge in [-0.25, -0.2) is 0 Å². The van der Waals surface area contributed by atoms with E-state index in [4.69, 9.17) is 0 Å². The highest BCUT2D eigenvalue weighted by atomic mass is 16.6. The molecule has 1 heterocycles. The standard InChI is InChI=1S/C5H9N3O2/c9-8(10)4-1-5-6-2-3-7-5/h1,4-7H,2-3H2/b4-1+. The fourth-order valence-corrected chi connectivity index (χ4v) is 0.820. The molecule has 1 rings (SSSR count). The number of hydrogen-bond donors (Lipinski definition) is 2. The summed E-state index contributed by atoms with van der Waals surface area (Å²) < 4.78 is 0. The van der Waals surface area contributed by atoms with E-state index in [0.717, 1.165) is 19.3 Å². The number of nitrogens with one attached hydrogen (secondary N) is 2. The van der Waals surface area contributed by atoms with E-state index in [1.807, 2.05) is 0 Å². The van der Waals surface area contributed by atoms with Crippen molar-refractivity contribution in [3.05, 3.63) is 22.4 Å². The maximum absolute atomic E-state index is 9.82. The van der Waals surface area contributed by atoms with Gasteiger partial charge in [0.15, 0.2) is 0 Å². The third-order valence-electron chi connectivity index (χ3n) is 1.25. The molecule has 5 nitrogen and oxygen atoms in total. The van der Waals surface area contributed by atoms with Crippen molar-refractivity contribution in [3.63, 3.8) is 0 Å². The van der Waals surface area contributed by atoms with E-state index >= 15 is 0 Å². The highest BCUT2D eigenvalue weighted by Gasteiger charge is 2.09. The maximum Gasteiger partial charge on any atom is 0.233 e. The molecule has 0 atom stereocenters. The molecule has 10 heavy (non-hydrogen) atoms. The molecule has 0 amide bonds. The molecule has 0 spiro atoms. The van der Waals surface area contributed by atoms with Crippen molar-refractivity contribution in [1.29, 1.82) is 0 Å². The highest BCUT2D eigenvalue weighted by molar-refractivity contribution is 4.90. The van der Waals surface area contributed by atoms with E-state index in [1.165, 1.54) is 6.08 Å². The Morgan fingerprint density at radius 1 is 1.50 bits per heavy atom. The van der Waals surface area contributed by atoms with Gasteiger partial charge in [0, 0.05) is 19.2 Å². The van der Waals surface area contributed by atoms with Gasteiger partial charge in [0.1, 0.15) is 0 Å². The van der Waals surface area contributed by atoms with Crippen molar-refractivity contribution in [2.45, 2.75) is 6.17 Å². The van der Waals surface area contributed by atoms with Gasteiger partial charge in [0.25, 0.3) is 0 Å². The smallest absolute Gasteiger partial charge is 0.233 e. The molecule has 2 N–H and O–H groups in total. The summed E-state index contributed by atoms with van der Waals surface area (Å²) in [5, 5.41) is 15.8. The average molecular weight is 143 g/mol. The number of rotatable bonds is 2. The second-order valence-corrected chi connectivity index (χ2v) is 2.01. The second kappa shape index (κ2) is 3.28. The van der Waals surface area contributed by atoms with Crippen molar-refractivity contribution in [1.82, 2.24) is 10.6 Å². The molecule has 0 aromatic rings. The summed E-state index contributed by atoms with van der Waals surface area (Å²) >= 11 is 0. The van der Waals surface area contributed by atoms with E-state index in [2.05, 4.69) is 10.6 Å². The molecule has 5 heteroatoms. The SMILES string of the molecule is O=[N+]([O-])/C=C/C1NCCN1. The topological polar surface area (TPSA) is 67.2 Å². The van der Waals surface area contributed by atoms with Crippen molar-refractivity contribution < 1.29 is 4.92 Å². The first-order valence-electron chi connectivity index (χ1n) is 3.07. The number of hydrogen-bond acceptors (Lipinski definition) is 4. The average Bonchev–Trinajstić information content (AvgIpc) is 2.34. The van der Waals surface area contributed by atoms with Crippen LogP contribution < -0.4 is 10.6 Å². The lowest BCUT2D eigenvalue weighted by Crippen LogP contribution is -2.28. The van der Waals surface area contributed by atoms with Crippen molar-refractivity contribution >= 4 is 0 Å². The molecule has 56 valence electrons. The second-order valence-electron chi connectivity index (χ2n) is 2.01. The van der Waals surface area contributed by atoms with E-state index in [-0.39, 0.29) is 6.17 Å². The molecule has 0 unspecified atom stereocenters. The molecule has 1 fully saturated rings. The Bertz CT molecular complexity index is 151. The summed E-state index contributed by atoms with van der Waals surface area (Å²) in [6, 6.07) is 0. The third-order valence-corrected chi connectivity index (χ3v) is 1.25. The van der Waals surface area contributed by atoms with E-state index in [1.54, 1.807) is 0 Å². The minimum Gasteiger partial charge on any atom is -0.297 e. The van der Waals surface area contributed by atoms with Crippen LogP contribution in [0.3, 0.4) is 0 Å². The third kappa shape index (κ3) is 2.12. The molecule has 0 aliphatic carbocycles. The number of nitro groups is 1. The molecule has 0 aromatic carbocycles. The van der Waals surface area contributed by atoms with Crippen molar-refractivity contribution in [3.8, 4) is 0 Å². The van der Waals surface area contributed by atoms with E-state index in [9.17, 15) is 10.1 Å². The number of nitrogens with zero attached hydrogens (tertiary/aromatic N) is 1. The Hall–Kier alpha value is -0.940.